The molecule has 0 spiro atoms. The molecular formula is C13H18ClF3N5OS+. The Labute approximate surface area is 147 Å². The Kier molecular flexibility index (Phi) is 6.84. The van der Waals surface area contributed by atoms with Crippen molar-refractivity contribution in [2.24, 2.45) is 0 Å². The van der Waals surface area contributed by atoms with Gasteiger partial charge in [0.2, 0.25) is 0 Å². The van der Waals surface area contributed by atoms with Crippen LogP contribution in [0.5, 0.6) is 0 Å². The fraction of sp³-hybridized carbons (Fsp3) is 0.538. The van der Waals surface area contributed by atoms with E-state index in [1.807, 2.05) is 0 Å². The number of pyridine rings is 1. The van der Waals surface area contributed by atoms with Crippen molar-refractivity contribution in [3.63, 3.8) is 0 Å². The summed E-state index contributed by atoms with van der Waals surface area (Å²) >= 11 is 10.9. The van der Waals surface area contributed by atoms with E-state index in [4.69, 9.17) is 28.6 Å². The molecule has 6 nitrogen and oxygen atoms in total. The van der Waals surface area contributed by atoms with E-state index in [1.54, 1.807) is 0 Å². The number of nitrogens with zero attached hydrogens (tertiary/aromatic N) is 1. The summed E-state index contributed by atoms with van der Waals surface area (Å²) in [4.78, 5) is 5.07. The Hall–Kier alpha value is -1.36. The Bertz CT molecular complexity index is 569. The van der Waals surface area contributed by atoms with Gasteiger partial charge in [-0.25, -0.2) is 4.98 Å². The molecule has 0 saturated carbocycles. The SMILES string of the molecule is FC(F)(F)c1cnc(NNC(=S)NCC[NH+]2CCOCC2)c(Cl)c1. The molecule has 0 radical (unpaired) electrons. The number of quaternary nitrogens is 1. The van der Waals surface area contributed by atoms with Crippen LogP contribution in [0.3, 0.4) is 0 Å². The molecule has 0 aromatic carbocycles. The van der Waals surface area contributed by atoms with Gasteiger partial charge in [0.05, 0.1) is 36.9 Å². The third-order valence-corrected chi connectivity index (χ3v) is 3.96. The molecular weight excluding hydrogens is 367 g/mol. The molecule has 0 unspecified atom stereocenters. The molecule has 4 N–H and O–H groups in total. The van der Waals surface area contributed by atoms with Crippen LogP contribution >= 0.6 is 23.8 Å². The summed E-state index contributed by atoms with van der Waals surface area (Å²) in [7, 11) is 0. The topological polar surface area (TPSA) is 62.7 Å². The first-order valence-corrected chi connectivity index (χ1v) is 8.09. The van der Waals surface area contributed by atoms with Gasteiger partial charge < -0.3 is 15.0 Å². The quantitative estimate of drug-likeness (QED) is 0.437. The minimum Gasteiger partial charge on any atom is -0.370 e. The first kappa shape index (κ1) is 19.0. The number of nitrogens with one attached hydrogen (secondary N) is 4. The highest BCUT2D eigenvalue weighted by Crippen LogP contribution is 2.32. The number of hydrogen-bond donors (Lipinski definition) is 4. The molecule has 1 aliphatic rings. The molecule has 0 amide bonds. The van der Waals surface area contributed by atoms with Crippen molar-refractivity contribution in [1.82, 2.24) is 15.7 Å². The van der Waals surface area contributed by atoms with Crippen LogP contribution in [0.25, 0.3) is 0 Å². The predicted octanol–water partition coefficient (Wildman–Crippen LogP) is 0.460. The molecule has 2 rings (SSSR count). The van der Waals surface area contributed by atoms with Crippen LogP contribution in [0.2, 0.25) is 5.02 Å². The molecule has 11 heteroatoms. The monoisotopic (exact) mass is 384 g/mol. The van der Waals surface area contributed by atoms with Gasteiger partial charge >= 0.3 is 6.18 Å². The maximum Gasteiger partial charge on any atom is 0.417 e. The maximum absolute atomic E-state index is 12.5. The molecule has 1 aliphatic heterocycles. The third-order valence-electron chi connectivity index (χ3n) is 3.43. The Morgan fingerprint density at radius 1 is 1.38 bits per heavy atom. The van der Waals surface area contributed by atoms with Crippen molar-refractivity contribution >= 4 is 34.7 Å². The number of hydrogen-bond acceptors (Lipinski definition) is 4. The van der Waals surface area contributed by atoms with Gasteiger partial charge in [0.1, 0.15) is 13.1 Å². The first-order valence-electron chi connectivity index (χ1n) is 7.30. The molecule has 134 valence electrons. The number of morpholine rings is 1. The van der Waals surface area contributed by atoms with E-state index in [0.717, 1.165) is 38.9 Å². The molecule has 0 atom stereocenters. The highest BCUT2D eigenvalue weighted by molar-refractivity contribution is 7.80. The van der Waals surface area contributed by atoms with E-state index in [1.165, 1.54) is 4.90 Å². The summed E-state index contributed by atoms with van der Waals surface area (Å²) in [6.07, 6.45) is -3.78. The molecule has 0 bridgehead atoms. The Morgan fingerprint density at radius 3 is 2.71 bits per heavy atom. The Balaban J connectivity index is 1.73. The predicted molar refractivity (Wildman–Crippen MR) is 88.0 cm³/mol. The van der Waals surface area contributed by atoms with E-state index in [9.17, 15) is 13.2 Å². The van der Waals surface area contributed by atoms with Crippen LogP contribution in [-0.4, -0.2) is 49.5 Å². The summed E-state index contributed by atoms with van der Waals surface area (Å²) in [6.45, 7) is 5.01. The lowest BCUT2D eigenvalue weighted by Crippen LogP contribution is -3.14. The van der Waals surface area contributed by atoms with Gasteiger partial charge in [0.25, 0.3) is 0 Å². The largest absolute Gasteiger partial charge is 0.417 e. The highest BCUT2D eigenvalue weighted by Gasteiger charge is 2.31. The van der Waals surface area contributed by atoms with E-state index in [0.29, 0.717) is 17.9 Å². The second-order valence-electron chi connectivity index (χ2n) is 5.17. The fourth-order valence-electron chi connectivity index (χ4n) is 2.11. The van der Waals surface area contributed by atoms with Gasteiger partial charge in [0.15, 0.2) is 10.9 Å². The van der Waals surface area contributed by atoms with Gasteiger partial charge in [-0.15, -0.1) is 0 Å². The normalized spacial score (nSPS) is 15.8. The zero-order chi connectivity index (χ0) is 17.6. The van der Waals surface area contributed by atoms with Crippen LogP contribution in [0.4, 0.5) is 19.0 Å². The van der Waals surface area contributed by atoms with Crippen LogP contribution in [0.1, 0.15) is 5.56 Å². The van der Waals surface area contributed by atoms with Crippen LogP contribution in [0, 0.1) is 0 Å². The van der Waals surface area contributed by atoms with E-state index in [-0.39, 0.29) is 10.8 Å². The third kappa shape index (κ3) is 5.93. The maximum atomic E-state index is 12.5. The van der Waals surface area contributed by atoms with E-state index >= 15 is 0 Å². The standard InChI is InChI=1S/C13H17ClF3N5OS/c14-10-7-9(13(15,16)17)8-19-11(10)20-21-12(24)18-1-2-22-3-5-23-6-4-22/h7-8H,1-6H2,(H,19,20)(H2,18,21,24)/p+1. The molecule has 1 saturated heterocycles. The molecule has 2 heterocycles. The lowest BCUT2D eigenvalue weighted by atomic mass is 10.3. The van der Waals surface area contributed by atoms with Crippen molar-refractivity contribution in [2.45, 2.75) is 6.18 Å². The minimum absolute atomic E-state index is 0.0626. The average Bonchev–Trinajstić information content (AvgIpc) is 2.54. The molecule has 1 aromatic heterocycles. The Morgan fingerprint density at radius 2 is 2.08 bits per heavy atom. The van der Waals surface area contributed by atoms with Crippen LogP contribution < -0.4 is 21.1 Å². The van der Waals surface area contributed by atoms with Gasteiger partial charge in [-0.1, -0.05) is 11.6 Å². The van der Waals surface area contributed by atoms with Gasteiger partial charge in [0, 0.05) is 6.20 Å². The molecule has 24 heavy (non-hydrogen) atoms. The minimum atomic E-state index is -4.48. The first-order chi connectivity index (χ1) is 11.4. The number of halogens is 4. The number of alkyl halides is 3. The van der Waals surface area contributed by atoms with E-state index in [2.05, 4.69) is 21.2 Å². The number of thiocarbonyl (C=S) groups is 1. The second kappa shape index (κ2) is 8.65. The lowest BCUT2D eigenvalue weighted by Gasteiger charge is -2.24. The van der Waals surface area contributed by atoms with Crippen LogP contribution in [-0.2, 0) is 10.9 Å². The smallest absolute Gasteiger partial charge is 0.370 e. The lowest BCUT2D eigenvalue weighted by molar-refractivity contribution is -0.906. The van der Waals surface area contributed by atoms with Crippen molar-refractivity contribution in [3.8, 4) is 0 Å². The molecule has 0 aliphatic carbocycles. The van der Waals surface area contributed by atoms with Crippen LogP contribution in [0.15, 0.2) is 12.3 Å². The summed E-state index contributed by atoms with van der Waals surface area (Å²) in [5.74, 6) is 0.0626. The fourth-order valence-corrected chi connectivity index (χ4v) is 2.47. The number of rotatable bonds is 5. The summed E-state index contributed by atoms with van der Waals surface area (Å²) in [5.41, 5.74) is 4.32. The summed E-state index contributed by atoms with van der Waals surface area (Å²) in [5, 5.41) is 3.15. The van der Waals surface area contributed by atoms with Crippen molar-refractivity contribution < 1.29 is 22.8 Å². The number of ether oxygens (including phenoxy) is 1. The average molecular weight is 385 g/mol. The molecule has 1 fully saturated rings. The van der Waals surface area contributed by atoms with Gasteiger partial charge in [-0.2, -0.15) is 13.2 Å². The number of aromatic nitrogens is 1. The summed E-state index contributed by atoms with van der Waals surface area (Å²) < 4.78 is 42.9. The van der Waals surface area contributed by atoms with Gasteiger partial charge in [-0.05, 0) is 18.3 Å². The van der Waals surface area contributed by atoms with Crippen molar-refractivity contribution in [3.05, 3.63) is 22.8 Å². The number of anilines is 1. The van der Waals surface area contributed by atoms with Gasteiger partial charge in [-0.3, -0.25) is 10.9 Å². The van der Waals surface area contributed by atoms with Crippen molar-refractivity contribution in [1.29, 1.82) is 0 Å². The molecule has 1 aromatic rings. The number of hydrazine groups is 1. The second-order valence-corrected chi connectivity index (χ2v) is 5.99. The highest BCUT2D eigenvalue weighted by atomic mass is 35.5. The van der Waals surface area contributed by atoms with E-state index < -0.39 is 11.7 Å². The zero-order valence-corrected chi connectivity index (χ0v) is 14.2. The van der Waals surface area contributed by atoms with Crippen molar-refractivity contribution in [2.75, 3.05) is 44.8 Å². The zero-order valence-electron chi connectivity index (χ0n) is 12.7. The summed E-state index contributed by atoms with van der Waals surface area (Å²) in [6, 6.07) is 0.802.